The molecule has 0 spiro atoms. The van der Waals surface area contributed by atoms with Crippen molar-refractivity contribution in [2.75, 3.05) is 5.32 Å². The van der Waals surface area contributed by atoms with Crippen molar-refractivity contribution in [1.29, 1.82) is 0 Å². The van der Waals surface area contributed by atoms with Gasteiger partial charge in [0, 0.05) is 36.5 Å². The number of carbonyl (C=O) groups excluding carboxylic acids is 2. The molecule has 6 heteroatoms. The van der Waals surface area contributed by atoms with E-state index in [1.54, 1.807) is 24.5 Å². The summed E-state index contributed by atoms with van der Waals surface area (Å²) in [5.41, 5.74) is 6.48. The molecule has 3 atom stereocenters. The number of amides is 2. The number of anilines is 1. The van der Waals surface area contributed by atoms with E-state index >= 15 is 0 Å². The van der Waals surface area contributed by atoms with Crippen molar-refractivity contribution in [1.82, 2.24) is 15.8 Å². The molecule has 112 valence electrons. The molecule has 1 aromatic heterocycles. The minimum atomic E-state index is -0.0424. The van der Waals surface area contributed by atoms with Crippen LogP contribution in [0.25, 0.3) is 0 Å². The molecule has 2 amide bonds. The summed E-state index contributed by atoms with van der Waals surface area (Å²) in [7, 11) is 0. The van der Waals surface area contributed by atoms with Gasteiger partial charge < -0.3 is 5.32 Å². The van der Waals surface area contributed by atoms with Gasteiger partial charge in [0.1, 0.15) is 0 Å². The molecular weight excluding hydrogens is 268 g/mol. The summed E-state index contributed by atoms with van der Waals surface area (Å²) in [6, 6.07) is 3.53. The number of rotatable bonds is 3. The maximum absolute atomic E-state index is 12.2. The second-order valence-electron chi connectivity index (χ2n) is 5.78. The molecule has 0 bridgehead atoms. The Bertz CT molecular complexity index is 520. The highest BCUT2D eigenvalue weighted by Gasteiger charge is 2.40. The first-order chi connectivity index (χ1) is 10.2. The molecule has 3 rings (SSSR count). The van der Waals surface area contributed by atoms with Crippen molar-refractivity contribution >= 4 is 17.5 Å². The third-order valence-electron chi connectivity index (χ3n) is 4.42. The normalized spacial score (nSPS) is 28.4. The topological polar surface area (TPSA) is 83.1 Å². The van der Waals surface area contributed by atoms with Gasteiger partial charge in [-0.05, 0) is 30.9 Å². The Labute approximate surface area is 123 Å². The molecule has 2 fully saturated rings. The van der Waals surface area contributed by atoms with Crippen LogP contribution in [0.2, 0.25) is 0 Å². The van der Waals surface area contributed by atoms with Crippen molar-refractivity contribution in [3.8, 4) is 0 Å². The molecule has 0 aromatic carbocycles. The molecule has 1 aliphatic heterocycles. The third-order valence-corrected chi connectivity index (χ3v) is 4.42. The van der Waals surface area contributed by atoms with Crippen LogP contribution in [-0.4, -0.2) is 22.8 Å². The van der Waals surface area contributed by atoms with E-state index in [1.165, 1.54) is 0 Å². The molecule has 2 aliphatic rings. The highest BCUT2D eigenvalue weighted by atomic mass is 16.2. The standard InChI is InChI=1S/C15H20N4O2/c20-14(17-10-5-7-16-8-6-10)9-13-11-3-1-2-4-12(11)15(21)19-18-13/h5-8,11-13,18H,1-4,9H2,(H,19,21)(H,16,17,20). The second-order valence-corrected chi connectivity index (χ2v) is 5.78. The number of hydrogen-bond acceptors (Lipinski definition) is 4. The van der Waals surface area contributed by atoms with Gasteiger partial charge in [0.2, 0.25) is 11.8 Å². The number of fused-ring (bicyclic) bond motifs is 1. The number of pyridine rings is 1. The Morgan fingerprint density at radius 2 is 2.05 bits per heavy atom. The van der Waals surface area contributed by atoms with Gasteiger partial charge in [-0.1, -0.05) is 12.8 Å². The van der Waals surface area contributed by atoms with Crippen LogP contribution in [-0.2, 0) is 9.59 Å². The Kier molecular flexibility index (Phi) is 4.15. The molecule has 21 heavy (non-hydrogen) atoms. The summed E-state index contributed by atoms with van der Waals surface area (Å²) in [6.45, 7) is 0. The molecule has 0 radical (unpaired) electrons. The van der Waals surface area contributed by atoms with Gasteiger partial charge in [-0.25, -0.2) is 5.43 Å². The quantitative estimate of drug-likeness (QED) is 0.781. The lowest BCUT2D eigenvalue weighted by molar-refractivity contribution is -0.134. The molecule has 1 aliphatic carbocycles. The number of nitrogens with one attached hydrogen (secondary N) is 3. The third kappa shape index (κ3) is 3.21. The first-order valence-electron chi connectivity index (χ1n) is 7.49. The summed E-state index contributed by atoms with van der Waals surface area (Å²) in [5.74, 6) is 0.346. The first kappa shape index (κ1) is 14.0. The summed E-state index contributed by atoms with van der Waals surface area (Å²) < 4.78 is 0. The molecule has 6 nitrogen and oxygen atoms in total. The zero-order chi connectivity index (χ0) is 14.7. The van der Waals surface area contributed by atoms with Crippen LogP contribution >= 0.6 is 0 Å². The fourth-order valence-corrected chi connectivity index (χ4v) is 3.38. The average molecular weight is 288 g/mol. The summed E-state index contributed by atoms with van der Waals surface area (Å²) >= 11 is 0. The van der Waals surface area contributed by atoms with Crippen LogP contribution in [0.3, 0.4) is 0 Å². The van der Waals surface area contributed by atoms with Crippen LogP contribution in [0.4, 0.5) is 5.69 Å². The van der Waals surface area contributed by atoms with E-state index in [2.05, 4.69) is 21.2 Å². The summed E-state index contributed by atoms with van der Waals surface area (Å²) in [4.78, 5) is 27.9. The van der Waals surface area contributed by atoms with E-state index in [0.717, 1.165) is 31.4 Å². The lowest BCUT2D eigenvalue weighted by Crippen LogP contribution is -2.60. The number of nitrogens with zero attached hydrogens (tertiary/aromatic N) is 1. The fraction of sp³-hybridized carbons (Fsp3) is 0.533. The molecule has 3 N–H and O–H groups in total. The van der Waals surface area contributed by atoms with Crippen molar-refractivity contribution < 1.29 is 9.59 Å². The average Bonchev–Trinajstić information content (AvgIpc) is 2.51. The Balaban J connectivity index is 1.61. The largest absolute Gasteiger partial charge is 0.326 e. The molecule has 1 saturated carbocycles. The van der Waals surface area contributed by atoms with Gasteiger partial charge in [0.05, 0.1) is 0 Å². The van der Waals surface area contributed by atoms with E-state index in [4.69, 9.17) is 0 Å². The van der Waals surface area contributed by atoms with Gasteiger partial charge in [0.25, 0.3) is 0 Å². The summed E-state index contributed by atoms with van der Waals surface area (Å²) in [6.07, 6.45) is 7.84. The van der Waals surface area contributed by atoms with Crippen molar-refractivity contribution in [2.24, 2.45) is 11.8 Å². The van der Waals surface area contributed by atoms with E-state index in [0.29, 0.717) is 6.42 Å². The van der Waals surface area contributed by atoms with Gasteiger partial charge in [-0.15, -0.1) is 0 Å². The Morgan fingerprint density at radius 1 is 1.29 bits per heavy atom. The van der Waals surface area contributed by atoms with E-state index in [1.807, 2.05) is 0 Å². The molecule has 3 unspecified atom stereocenters. The van der Waals surface area contributed by atoms with Crippen LogP contribution in [0, 0.1) is 11.8 Å². The van der Waals surface area contributed by atoms with Gasteiger partial charge in [-0.3, -0.25) is 20.0 Å². The smallest absolute Gasteiger partial charge is 0.237 e. The maximum Gasteiger partial charge on any atom is 0.237 e. The number of hydrazine groups is 1. The van der Waals surface area contributed by atoms with Gasteiger partial charge in [-0.2, -0.15) is 0 Å². The molecular formula is C15H20N4O2. The predicted octanol–water partition coefficient (Wildman–Crippen LogP) is 1.22. The monoisotopic (exact) mass is 288 g/mol. The molecule has 1 aromatic rings. The van der Waals surface area contributed by atoms with Crippen LogP contribution < -0.4 is 16.2 Å². The van der Waals surface area contributed by atoms with Crippen molar-refractivity contribution in [3.63, 3.8) is 0 Å². The molecule has 2 heterocycles. The maximum atomic E-state index is 12.2. The summed E-state index contributed by atoms with van der Waals surface area (Å²) in [5, 5.41) is 2.86. The zero-order valence-corrected chi connectivity index (χ0v) is 11.8. The number of hydrogen-bond donors (Lipinski definition) is 3. The Hall–Kier alpha value is -1.95. The van der Waals surface area contributed by atoms with Crippen molar-refractivity contribution in [2.45, 2.75) is 38.1 Å². The molecule has 1 saturated heterocycles. The van der Waals surface area contributed by atoms with E-state index < -0.39 is 0 Å². The predicted molar refractivity (Wildman–Crippen MR) is 78.0 cm³/mol. The van der Waals surface area contributed by atoms with Gasteiger partial charge in [0.15, 0.2) is 0 Å². The van der Waals surface area contributed by atoms with Crippen LogP contribution in [0.15, 0.2) is 24.5 Å². The van der Waals surface area contributed by atoms with Crippen molar-refractivity contribution in [3.05, 3.63) is 24.5 Å². The second kappa shape index (κ2) is 6.22. The van der Waals surface area contributed by atoms with Crippen LogP contribution in [0.1, 0.15) is 32.1 Å². The van der Waals surface area contributed by atoms with Gasteiger partial charge >= 0.3 is 0 Å². The lowest BCUT2D eigenvalue weighted by Gasteiger charge is -2.40. The number of aromatic nitrogens is 1. The fourth-order valence-electron chi connectivity index (χ4n) is 3.38. The minimum Gasteiger partial charge on any atom is -0.326 e. The van der Waals surface area contributed by atoms with E-state index in [-0.39, 0.29) is 29.7 Å². The SMILES string of the molecule is O=C(CC1NNC(=O)C2CCCCC12)Nc1ccncc1. The highest BCUT2D eigenvalue weighted by Crippen LogP contribution is 2.35. The Morgan fingerprint density at radius 3 is 2.86 bits per heavy atom. The first-order valence-corrected chi connectivity index (χ1v) is 7.49. The minimum absolute atomic E-state index is 0.00911. The van der Waals surface area contributed by atoms with E-state index in [9.17, 15) is 9.59 Å². The zero-order valence-electron chi connectivity index (χ0n) is 11.8. The lowest BCUT2D eigenvalue weighted by atomic mass is 9.73. The highest BCUT2D eigenvalue weighted by molar-refractivity contribution is 5.91. The van der Waals surface area contributed by atoms with Crippen LogP contribution in [0.5, 0.6) is 0 Å². The number of carbonyl (C=O) groups is 2.